The number of hydrogen-bond acceptors (Lipinski definition) is 0. The Morgan fingerprint density at radius 3 is 1.69 bits per heavy atom. The van der Waals surface area contributed by atoms with Gasteiger partial charge < -0.3 is 0 Å². The van der Waals surface area contributed by atoms with Crippen LogP contribution in [-0.4, -0.2) is 16.9 Å². The lowest BCUT2D eigenvalue weighted by Crippen LogP contribution is -2.51. The Bertz CT molecular complexity index is 1140. The summed E-state index contributed by atoms with van der Waals surface area (Å²) in [5.74, 6) is 0. The molecule has 0 heterocycles. The molecule has 4 rings (SSSR count). The molecule has 3 aromatic carbocycles. The fraction of sp³-hybridized carbons (Fsp3) is 0.267. The van der Waals surface area contributed by atoms with Crippen molar-refractivity contribution < 1.29 is 0 Å². The molecule has 2 heteroatoms. The van der Waals surface area contributed by atoms with E-state index in [1.165, 1.54) is 32.3 Å². The normalized spacial score (nSPS) is 19.2. The summed E-state index contributed by atoms with van der Waals surface area (Å²) >= 11 is 0. The highest BCUT2D eigenvalue weighted by atomic mass is 28.3. The lowest BCUT2D eigenvalue weighted by atomic mass is 9.90. The van der Waals surface area contributed by atoms with E-state index < -0.39 is 16.9 Å². The van der Waals surface area contributed by atoms with Gasteiger partial charge in [-0.15, -0.1) is 0 Å². The van der Waals surface area contributed by atoms with Gasteiger partial charge in [0.1, 0.15) is 8.80 Å². The van der Waals surface area contributed by atoms with Gasteiger partial charge in [-0.2, -0.15) is 0 Å². The second-order valence-corrected chi connectivity index (χ2v) is 19.0. The molecule has 0 bridgehead atoms. The van der Waals surface area contributed by atoms with Crippen LogP contribution in [0.3, 0.4) is 0 Å². The zero-order valence-corrected chi connectivity index (χ0v) is 22.8. The Labute approximate surface area is 197 Å². The van der Waals surface area contributed by atoms with Crippen LogP contribution in [0.5, 0.6) is 0 Å². The summed E-state index contributed by atoms with van der Waals surface area (Å²) in [6.45, 7) is 16.9. The molecule has 0 radical (unpaired) electrons. The van der Waals surface area contributed by atoms with E-state index in [-0.39, 0.29) is 5.04 Å². The van der Waals surface area contributed by atoms with Gasteiger partial charge in [0.2, 0.25) is 0 Å². The van der Waals surface area contributed by atoms with Crippen molar-refractivity contribution in [3.8, 4) is 0 Å². The minimum absolute atomic E-state index is 0.0228. The first-order chi connectivity index (χ1) is 15.2. The third-order valence-electron chi connectivity index (χ3n) is 7.66. The molecule has 0 aliphatic heterocycles. The summed E-state index contributed by atoms with van der Waals surface area (Å²) in [5.41, 5.74) is 7.47. The fourth-order valence-corrected chi connectivity index (χ4v) is 11.0. The van der Waals surface area contributed by atoms with Crippen LogP contribution in [0.2, 0.25) is 24.7 Å². The van der Waals surface area contributed by atoms with Crippen molar-refractivity contribution in [2.24, 2.45) is 0 Å². The second kappa shape index (κ2) is 8.49. The highest BCUT2D eigenvalue weighted by Crippen LogP contribution is 2.58. The SMILES string of the molecule is CC1=C(C)C(C)([SiH](c2ccccc2)c2ccccc2)C(c2cccc([Si](C)(C)C)c2)=C1C. The summed E-state index contributed by atoms with van der Waals surface area (Å²) in [5, 5.41) is 4.59. The molecule has 164 valence electrons. The molecular weight excluding hydrogens is 417 g/mol. The van der Waals surface area contributed by atoms with Gasteiger partial charge in [-0.3, -0.25) is 0 Å². The van der Waals surface area contributed by atoms with Crippen molar-refractivity contribution in [1.82, 2.24) is 0 Å². The maximum Gasteiger partial charge on any atom is 0.117 e. The Morgan fingerprint density at radius 1 is 0.656 bits per heavy atom. The summed E-state index contributed by atoms with van der Waals surface area (Å²) in [6, 6.07) is 32.1. The van der Waals surface area contributed by atoms with Crippen LogP contribution in [0.1, 0.15) is 33.3 Å². The third kappa shape index (κ3) is 3.80. The summed E-state index contributed by atoms with van der Waals surface area (Å²) in [6.07, 6.45) is 0. The van der Waals surface area contributed by atoms with Crippen molar-refractivity contribution in [3.63, 3.8) is 0 Å². The molecule has 1 aliphatic carbocycles. The molecule has 0 nitrogen and oxygen atoms in total. The third-order valence-corrected chi connectivity index (χ3v) is 13.7. The maximum atomic E-state index is 2.54. The van der Waals surface area contributed by atoms with E-state index in [1.807, 2.05) is 0 Å². The van der Waals surface area contributed by atoms with Crippen molar-refractivity contribution in [2.75, 3.05) is 0 Å². The topological polar surface area (TPSA) is 0 Å². The predicted octanol–water partition coefficient (Wildman–Crippen LogP) is 6.16. The Kier molecular flexibility index (Phi) is 6.04. The minimum Gasteiger partial charge on any atom is -0.0656 e. The van der Waals surface area contributed by atoms with Gasteiger partial charge in [-0.25, -0.2) is 0 Å². The molecule has 0 amide bonds. The first-order valence-corrected chi connectivity index (χ1v) is 17.0. The van der Waals surface area contributed by atoms with E-state index in [0.29, 0.717) is 0 Å². The van der Waals surface area contributed by atoms with Crippen LogP contribution in [0, 0.1) is 0 Å². The van der Waals surface area contributed by atoms with Crippen molar-refractivity contribution in [3.05, 3.63) is 107 Å². The van der Waals surface area contributed by atoms with E-state index in [1.54, 1.807) is 11.1 Å². The standard InChI is InChI=1S/C30H36Si2/c1-22-23(2)29(25-15-14-20-28(21-25)32(5,6)7)30(4,24(22)3)31(26-16-10-8-11-17-26)27-18-12-9-13-19-27/h8-21,31H,1-7H3. The molecule has 0 aromatic heterocycles. The van der Waals surface area contributed by atoms with Crippen LogP contribution in [0.25, 0.3) is 5.57 Å². The molecule has 0 fully saturated rings. The van der Waals surface area contributed by atoms with Crippen molar-refractivity contribution in [2.45, 2.75) is 52.4 Å². The van der Waals surface area contributed by atoms with Gasteiger partial charge in [-0.1, -0.05) is 133 Å². The number of hydrogen-bond donors (Lipinski definition) is 0. The van der Waals surface area contributed by atoms with Gasteiger partial charge in [0.15, 0.2) is 0 Å². The van der Waals surface area contributed by atoms with Gasteiger partial charge in [-0.05, 0) is 43.1 Å². The summed E-state index contributed by atoms with van der Waals surface area (Å²) in [7, 11) is -3.04. The molecule has 3 aromatic rings. The lowest BCUT2D eigenvalue weighted by Gasteiger charge is -2.39. The molecule has 1 unspecified atom stereocenters. The summed E-state index contributed by atoms with van der Waals surface area (Å²) < 4.78 is 0. The monoisotopic (exact) mass is 452 g/mol. The van der Waals surface area contributed by atoms with Gasteiger partial charge >= 0.3 is 0 Å². The second-order valence-electron chi connectivity index (χ2n) is 10.5. The fourth-order valence-electron chi connectivity index (χ4n) is 5.60. The average Bonchev–Trinajstić information content (AvgIpc) is 2.95. The minimum atomic E-state index is -1.64. The van der Waals surface area contributed by atoms with E-state index in [0.717, 1.165) is 0 Å². The quantitative estimate of drug-likeness (QED) is 0.407. The number of rotatable bonds is 5. The van der Waals surface area contributed by atoms with Crippen LogP contribution < -0.4 is 15.6 Å². The Hall–Kier alpha value is -2.43. The van der Waals surface area contributed by atoms with E-state index in [2.05, 4.69) is 132 Å². The first kappa shape index (κ1) is 22.8. The van der Waals surface area contributed by atoms with Crippen molar-refractivity contribution >= 4 is 38.0 Å². The van der Waals surface area contributed by atoms with Gasteiger partial charge in [0, 0.05) is 5.04 Å². The van der Waals surface area contributed by atoms with Crippen LogP contribution in [0.15, 0.2) is 102 Å². The van der Waals surface area contributed by atoms with Crippen LogP contribution in [0.4, 0.5) is 0 Å². The maximum absolute atomic E-state index is 2.54. The highest BCUT2D eigenvalue weighted by molar-refractivity contribution is 6.90. The smallest absolute Gasteiger partial charge is 0.0656 e. The van der Waals surface area contributed by atoms with Crippen LogP contribution >= 0.6 is 0 Å². The van der Waals surface area contributed by atoms with E-state index in [9.17, 15) is 0 Å². The molecule has 0 spiro atoms. The van der Waals surface area contributed by atoms with E-state index >= 15 is 0 Å². The zero-order valence-electron chi connectivity index (χ0n) is 20.7. The van der Waals surface area contributed by atoms with Gasteiger partial charge in [0.05, 0.1) is 8.07 Å². The van der Waals surface area contributed by atoms with Gasteiger partial charge in [0.25, 0.3) is 0 Å². The molecule has 1 aliphatic rings. The Morgan fingerprint density at radius 2 is 1.19 bits per heavy atom. The average molecular weight is 453 g/mol. The molecule has 32 heavy (non-hydrogen) atoms. The molecule has 0 N–H and O–H groups in total. The number of benzene rings is 3. The molecule has 0 saturated heterocycles. The first-order valence-electron chi connectivity index (χ1n) is 11.8. The van der Waals surface area contributed by atoms with Crippen molar-refractivity contribution in [1.29, 1.82) is 0 Å². The summed E-state index contributed by atoms with van der Waals surface area (Å²) in [4.78, 5) is 0. The highest BCUT2D eigenvalue weighted by Gasteiger charge is 2.47. The number of allylic oxidation sites excluding steroid dienone is 4. The predicted molar refractivity (Wildman–Crippen MR) is 148 cm³/mol. The lowest BCUT2D eigenvalue weighted by molar-refractivity contribution is 0.902. The molecule has 1 atom stereocenters. The van der Waals surface area contributed by atoms with E-state index in [4.69, 9.17) is 0 Å². The molecule has 0 saturated carbocycles. The molecular formula is C30H36Si2. The Balaban J connectivity index is 1.99. The largest absolute Gasteiger partial charge is 0.117 e. The van der Waals surface area contributed by atoms with Crippen LogP contribution in [-0.2, 0) is 0 Å². The zero-order chi connectivity index (χ0) is 23.1.